The Morgan fingerprint density at radius 3 is 2.43 bits per heavy atom. The predicted octanol–water partition coefficient (Wildman–Crippen LogP) is 4.05. The summed E-state index contributed by atoms with van der Waals surface area (Å²) in [6.45, 7) is 1.39. The lowest BCUT2D eigenvalue weighted by molar-refractivity contribution is -0.189. The number of carbonyl (C=O) groups excluding carboxylic acids is 2. The first-order valence-electron chi connectivity index (χ1n) is 11.2. The van der Waals surface area contributed by atoms with Crippen LogP contribution >= 0.6 is 0 Å². The van der Waals surface area contributed by atoms with Crippen LogP contribution in [0.25, 0.3) is 11.3 Å². The van der Waals surface area contributed by atoms with Crippen molar-refractivity contribution in [3.05, 3.63) is 60.4 Å². The van der Waals surface area contributed by atoms with Gasteiger partial charge in [0.15, 0.2) is 0 Å². The maximum atomic E-state index is 12.6. The number of esters is 1. The van der Waals surface area contributed by atoms with Gasteiger partial charge in [0, 0.05) is 17.7 Å². The molecule has 9 nitrogen and oxygen atoms in total. The van der Waals surface area contributed by atoms with Gasteiger partial charge < -0.3 is 25.0 Å². The number of alkyl halides is 3. The molecule has 3 rings (SSSR count). The summed E-state index contributed by atoms with van der Waals surface area (Å²) in [7, 11) is 5.42. The molecule has 1 amide bonds. The topological polar surface area (TPSA) is 106 Å². The molecule has 0 saturated carbocycles. The van der Waals surface area contributed by atoms with Crippen LogP contribution in [-0.2, 0) is 4.79 Å². The van der Waals surface area contributed by atoms with Crippen molar-refractivity contribution in [1.82, 2.24) is 20.2 Å². The second-order valence-corrected chi connectivity index (χ2v) is 8.15. The van der Waals surface area contributed by atoms with Gasteiger partial charge in [0.25, 0.3) is 5.91 Å². The number of anilines is 2. The molecule has 0 saturated heterocycles. The SMILES string of the molecule is COc1ccc(C(=O)NCCCN(C)C)cc1Nc1cncc(-c2ccc(OC(=O)C(F)(F)F)cc2)n1. The minimum atomic E-state index is -5.09. The maximum absolute atomic E-state index is 12.6. The minimum Gasteiger partial charge on any atom is -0.495 e. The van der Waals surface area contributed by atoms with Gasteiger partial charge in [-0.05, 0) is 69.5 Å². The molecule has 2 N–H and O–H groups in total. The van der Waals surface area contributed by atoms with Crippen molar-refractivity contribution >= 4 is 23.4 Å². The Hall–Kier alpha value is -4.19. The normalized spacial score (nSPS) is 11.2. The molecule has 0 bridgehead atoms. The highest BCUT2D eigenvalue weighted by atomic mass is 19.4. The Labute approximate surface area is 211 Å². The van der Waals surface area contributed by atoms with Gasteiger partial charge in [-0.25, -0.2) is 9.78 Å². The van der Waals surface area contributed by atoms with Crippen molar-refractivity contribution in [2.75, 3.05) is 39.6 Å². The molecule has 3 aromatic rings. The van der Waals surface area contributed by atoms with Crippen molar-refractivity contribution in [3.8, 4) is 22.8 Å². The van der Waals surface area contributed by atoms with Crippen LogP contribution in [0, 0.1) is 0 Å². The molecule has 37 heavy (non-hydrogen) atoms. The van der Waals surface area contributed by atoms with E-state index in [1.807, 2.05) is 19.0 Å². The second-order valence-electron chi connectivity index (χ2n) is 8.15. The van der Waals surface area contributed by atoms with E-state index in [0.717, 1.165) is 13.0 Å². The number of amides is 1. The number of carbonyl (C=O) groups is 2. The number of hydrogen-bond acceptors (Lipinski definition) is 8. The van der Waals surface area contributed by atoms with Crippen molar-refractivity contribution in [3.63, 3.8) is 0 Å². The predicted molar refractivity (Wildman–Crippen MR) is 131 cm³/mol. The average molecular weight is 518 g/mol. The van der Waals surface area contributed by atoms with Gasteiger partial charge in [-0.2, -0.15) is 13.2 Å². The summed E-state index contributed by atoms with van der Waals surface area (Å²) in [6, 6.07) is 10.3. The average Bonchev–Trinajstić information content (AvgIpc) is 2.86. The third-order valence-corrected chi connectivity index (χ3v) is 5.02. The second kappa shape index (κ2) is 12.2. The monoisotopic (exact) mass is 517 g/mol. The molecule has 2 aromatic carbocycles. The van der Waals surface area contributed by atoms with Gasteiger partial charge in [0.1, 0.15) is 17.3 Å². The summed E-state index contributed by atoms with van der Waals surface area (Å²) in [5, 5.41) is 5.97. The van der Waals surface area contributed by atoms with Crippen LogP contribution in [-0.4, -0.2) is 67.2 Å². The number of aromatic nitrogens is 2. The molecular weight excluding hydrogens is 491 g/mol. The van der Waals surface area contributed by atoms with Crippen LogP contribution in [0.5, 0.6) is 11.5 Å². The molecule has 12 heteroatoms. The summed E-state index contributed by atoms with van der Waals surface area (Å²) in [6.07, 6.45) is -1.34. The molecule has 1 heterocycles. The highest BCUT2D eigenvalue weighted by Crippen LogP contribution is 2.29. The molecule has 0 aliphatic carbocycles. The Kier molecular flexibility index (Phi) is 9.01. The fraction of sp³-hybridized carbons (Fsp3) is 0.280. The van der Waals surface area contributed by atoms with E-state index in [-0.39, 0.29) is 11.7 Å². The zero-order chi connectivity index (χ0) is 27.0. The number of nitrogens with one attached hydrogen (secondary N) is 2. The quantitative estimate of drug-likeness (QED) is 0.236. The number of methoxy groups -OCH3 is 1. The Bertz CT molecular complexity index is 1230. The molecule has 0 unspecified atom stereocenters. The Balaban J connectivity index is 1.73. The van der Waals surface area contributed by atoms with Crippen molar-refractivity contribution in [1.29, 1.82) is 0 Å². The number of benzene rings is 2. The molecule has 0 aliphatic rings. The van der Waals surface area contributed by atoms with Crippen LogP contribution < -0.4 is 20.1 Å². The molecule has 0 spiro atoms. The van der Waals surface area contributed by atoms with Crippen molar-refractivity contribution in [2.45, 2.75) is 12.6 Å². The van der Waals surface area contributed by atoms with Gasteiger partial charge in [0.2, 0.25) is 0 Å². The standard InChI is InChI=1S/C25H26F3N5O4/c1-33(2)12-4-11-30-23(34)17-7-10-21(36-3)19(13-17)31-22-15-29-14-20(32-22)16-5-8-18(9-6-16)37-24(35)25(26,27)28/h5-10,13-15H,4,11-12H2,1-3H3,(H,30,34)(H,31,32). The van der Waals surface area contributed by atoms with E-state index < -0.39 is 12.1 Å². The fourth-order valence-electron chi connectivity index (χ4n) is 3.21. The van der Waals surface area contributed by atoms with E-state index in [1.54, 1.807) is 18.2 Å². The first kappa shape index (κ1) is 27.4. The third kappa shape index (κ3) is 7.90. The summed E-state index contributed by atoms with van der Waals surface area (Å²) in [5.74, 6) is -1.96. The molecule has 1 aromatic heterocycles. The van der Waals surface area contributed by atoms with Crippen molar-refractivity contribution < 1.29 is 32.2 Å². The largest absolute Gasteiger partial charge is 0.495 e. The van der Waals surface area contributed by atoms with Gasteiger partial charge in [0.05, 0.1) is 30.9 Å². The van der Waals surface area contributed by atoms with Crippen LogP contribution in [0.15, 0.2) is 54.9 Å². The number of nitrogens with zero attached hydrogens (tertiary/aromatic N) is 3. The van der Waals surface area contributed by atoms with Crippen LogP contribution in [0.4, 0.5) is 24.7 Å². The zero-order valence-electron chi connectivity index (χ0n) is 20.4. The van der Waals surface area contributed by atoms with Crippen LogP contribution in [0.2, 0.25) is 0 Å². The summed E-state index contributed by atoms with van der Waals surface area (Å²) >= 11 is 0. The highest BCUT2D eigenvalue weighted by molar-refractivity contribution is 5.95. The van der Waals surface area contributed by atoms with Gasteiger partial charge >= 0.3 is 12.1 Å². The first-order valence-corrected chi connectivity index (χ1v) is 11.2. The molecule has 0 radical (unpaired) electrons. The molecule has 0 atom stereocenters. The lowest BCUT2D eigenvalue weighted by Crippen LogP contribution is -2.27. The Morgan fingerprint density at radius 2 is 1.78 bits per heavy atom. The number of ether oxygens (including phenoxy) is 2. The fourth-order valence-corrected chi connectivity index (χ4v) is 3.21. The summed E-state index contributed by atoms with van der Waals surface area (Å²) < 4.78 is 46.9. The van der Waals surface area contributed by atoms with Crippen molar-refractivity contribution in [2.24, 2.45) is 0 Å². The summed E-state index contributed by atoms with van der Waals surface area (Å²) in [5.41, 5.74) is 1.86. The van der Waals surface area contributed by atoms with E-state index in [9.17, 15) is 22.8 Å². The number of rotatable bonds is 10. The lowest BCUT2D eigenvalue weighted by Gasteiger charge is -2.14. The molecule has 0 aliphatic heterocycles. The number of hydrogen-bond donors (Lipinski definition) is 2. The molecule has 196 valence electrons. The third-order valence-electron chi connectivity index (χ3n) is 5.02. The highest BCUT2D eigenvalue weighted by Gasteiger charge is 2.41. The van der Waals surface area contributed by atoms with E-state index in [4.69, 9.17) is 4.74 Å². The van der Waals surface area contributed by atoms with Crippen LogP contribution in [0.1, 0.15) is 16.8 Å². The minimum absolute atomic E-state index is 0.226. The van der Waals surface area contributed by atoms with E-state index in [0.29, 0.717) is 40.6 Å². The van der Waals surface area contributed by atoms with Crippen LogP contribution in [0.3, 0.4) is 0 Å². The summed E-state index contributed by atoms with van der Waals surface area (Å²) in [4.78, 5) is 34.2. The zero-order valence-corrected chi connectivity index (χ0v) is 20.4. The van der Waals surface area contributed by atoms with E-state index >= 15 is 0 Å². The lowest BCUT2D eigenvalue weighted by atomic mass is 10.1. The number of halogens is 3. The van der Waals surface area contributed by atoms with E-state index in [1.165, 1.54) is 43.8 Å². The Morgan fingerprint density at radius 1 is 1.05 bits per heavy atom. The van der Waals surface area contributed by atoms with Gasteiger partial charge in [-0.1, -0.05) is 0 Å². The molecule has 0 fully saturated rings. The van der Waals surface area contributed by atoms with Gasteiger partial charge in [-0.3, -0.25) is 9.78 Å². The maximum Gasteiger partial charge on any atom is 0.491 e. The van der Waals surface area contributed by atoms with E-state index in [2.05, 4.69) is 25.3 Å². The molecular formula is C25H26F3N5O4. The first-order chi connectivity index (χ1) is 17.6. The van der Waals surface area contributed by atoms with Gasteiger partial charge in [-0.15, -0.1) is 0 Å². The smallest absolute Gasteiger partial charge is 0.491 e.